The Kier molecular flexibility index (Phi) is 5.24. The van der Waals surface area contributed by atoms with Crippen molar-refractivity contribution in [1.82, 2.24) is 14.9 Å². The number of ether oxygens (including phenoxy) is 3. The van der Waals surface area contributed by atoms with E-state index in [1.807, 2.05) is 18.2 Å². The molecule has 3 heterocycles. The minimum absolute atomic E-state index is 0.0349. The summed E-state index contributed by atoms with van der Waals surface area (Å²) in [4.78, 5) is 28.4. The molecule has 3 aromatic rings. The van der Waals surface area contributed by atoms with Crippen LogP contribution in [-0.4, -0.2) is 52.4 Å². The fraction of sp³-hybridized carbons (Fsp3) is 0.261. The van der Waals surface area contributed by atoms with Crippen molar-refractivity contribution in [2.75, 3.05) is 19.8 Å². The van der Waals surface area contributed by atoms with E-state index in [1.165, 1.54) is 12.1 Å². The van der Waals surface area contributed by atoms with Gasteiger partial charge in [0.1, 0.15) is 25.6 Å². The lowest BCUT2D eigenvalue weighted by molar-refractivity contribution is 0.00373. The van der Waals surface area contributed by atoms with E-state index >= 15 is 0 Å². The lowest BCUT2D eigenvalue weighted by Gasteiger charge is -2.26. The summed E-state index contributed by atoms with van der Waals surface area (Å²) in [5.41, 5.74) is 1.96. The Labute approximate surface area is 183 Å². The van der Waals surface area contributed by atoms with Crippen molar-refractivity contribution in [1.29, 1.82) is 0 Å². The minimum atomic E-state index is -1.14. The van der Waals surface area contributed by atoms with Crippen LogP contribution in [-0.2, 0) is 17.9 Å². The summed E-state index contributed by atoms with van der Waals surface area (Å²) < 4.78 is 19.2. The summed E-state index contributed by atoms with van der Waals surface area (Å²) in [5, 5.41) is 12.1. The Morgan fingerprint density at radius 3 is 2.69 bits per heavy atom. The van der Waals surface area contributed by atoms with Gasteiger partial charge in [-0.1, -0.05) is 12.1 Å². The second-order valence-corrected chi connectivity index (χ2v) is 7.52. The molecule has 0 unspecified atom stereocenters. The number of carboxylic acids is 1. The Hall–Kier alpha value is -3.85. The van der Waals surface area contributed by atoms with Crippen molar-refractivity contribution in [3.8, 4) is 22.8 Å². The van der Waals surface area contributed by atoms with E-state index in [0.29, 0.717) is 32.1 Å². The molecule has 1 aromatic heterocycles. The lowest BCUT2D eigenvalue weighted by atomic mass is 10.1. The maximum Gasteiger partial charge on any atom is 0.336 e. The summed E-state index contributed by atoms with van der Waals surface area (Å²) in [6.45, 7) is 2.11. The first-order valence-corrected chi connectivity index (χ1v) is 10.3. The average Bonchev–Trinajstić information content (AvgIpc) is 3.25. The van der Waals surface area contributed by atoms with Crippen molar-refractivity contribution in [2.24, 2.45) is 0 Å². The molecule has 0 saturated carbocycles. The van der Waals surface area contributed by atoms with E-state index in [2.05, 4.69) is 14.9 Å². The summed E-state index contributed by atoms with van der Waals surface area (Å²) >= 11 is 0. The maximum absolute atomic E-state index is 12.6. The number of imidazole rings is 1. The molecule has 164 valence electrons. The summed E-state index contributed by atoms with van der Waals surface area (Å²) in [7, 11) is 0. The number of aromatic nitrogens is 2. The third-order valence-corrected chi connectivity index (χ3v) is 5.50. The molecular formula is C23H21N3O6. The van der Waals surface area contributed by atoms with Gasteiger partial charge in [0.15, 0.2) is 11.5 Å². The SMILES string of the molecule is O=C(O)c1ccccc1C(=O)NC[C@H]1Cn2c(-c3ccc4c(c3)OCCO4)cnc2CO1. The summed E-state index contributed by atoms with van der Waals surface area (Å²) in [5.74, 6) is 0.641. The molecule has 5 rings (SSSR count). The largest absolute Gasteiger partial charge is 0.486 e. The highest BCUT2D eigenvalue weighted by atomic mass is 16.6. The number of fused-ring (bicyclic) bond motifs is 2. The number of nitrogens with zero attached hydrogens (tertiary/aromatic N) is 2. The van der Waals surface area contributed by atoms with Crippen LogP contribution in [0, 0.1) is 0 Å². The van der Waals surface area contributed by atoms with Crippen LogP contribution in [0.5, 0.6) is 11.5 Å². The second kappa shape index (κ2) is 8.35. The van der Waals surface area contributed by atoms with Crippen LogP contribution in [0.25, 0.3) is 11.3 Å². The highest BCUT2D eigenvalue weighted by Crippen LogP contribution is 2.35. The zero-order chi connectivity index (χ0) is 22.1. The van der Waals surface area contributed by atoms with Crippen LogP contribution in [0.1, 0.15) is 26.5 Å². The molecule has 1 amide bonds. The van der Waals surface area contributed by atoms with Gasteiger partial charge in [-0.05, 0) is 30.3 Å². The van der Waals surface area contributed by atoms with Gasteiger partial charge >= 0.3 is 5.97 Å². The van der Waals surface area contributed by atoms with Gasteiger partial charge < -0.3 is 29.2 Å². The Balaban J connectivity index is 1.30. The van der Waals surface area contributed by atoms with Gasteiger partial charge in [-0.15, -0.1) is 0 Å². The topological polar surface area (TPSA) is 112 Å². The highest BCUT2D eigenvalue weighted by molar-refractivity contribution is 6.04. The standard InChI is InChI=1S/C23H21N3O6/c27-22(16-3-1-2-4-17(16)23(28)29)25-10-15-12-26-18(11-24-21(26)13-32-15)14-5-6-19-20(9-14)31-8-7-30-19/h1-6,9,11,15H,7-8,10,12-13H2,(H,25,27)(H,28,29)/t15-/m0/s1. The van der Waals surface area contributed by atoms with Crippen molar-refractivity contribution in [3.05, 3.63) is 65.6 Å². The molecule has 0 spiro atoms. The third-order valence-electron chi connectivity index (χ3n) is 5.50. The predicted molar refractivity (Wildman–Crippen MR) is 113 cm³/mol. The molecule has 1 atom stereocenters. The number of hydrogen-bond acceptors (Lipinski definition) is 6. The molecule has 0 saturated heterocycles. The van der Waals surface area contributed by atoms with E-state index in [9.17, 15) is 14.7 Å². The summed E-state index contributed by atoms with van der Waals surface area (Å²) in [6.07, 6.45) is 1.52. The van der Waals surface area contributed by atoms with E-state index in [-0.39, 0.29) is 23.8 Å². The van der Waals surface area contributed by atoms with Crippen LogP contribution in [0.4, 0.5) is 0 Å². The van der Waals surface area contributed by atoms with Crippen LogP contribution in [0.2, 0.25) is 0 Å². The smallest absolute Gasteiger partial charge is 0.336 e. The molecule has 9 nitrogen and oxygen atoms in total. The van der Waals surface area contributed by atoms with Gasteiger partial charge in [-0.25, -0.2) is 9.78 Å². The molecular weight excluding hydrogens is 414 g/mol. The molecule has 32 heavy (non-hydrogen) atoms. The quantitative estimate of drug-likeness (QED) is 0.633. The molecule has 9 heteroatoms. The number of carboxylic acid groups (broad SMARTS) is 1. The first kappa shape index (κ1) is 20.1. The molecule has 0 radical (unpaired) electrons. The van der Waals surface area contributed by atoms with Gasteiger partial charge in [0.05, 0.1) is 35.7 Å². The van der Waals surface area contributed by atoms with Crippen molar-refractivity contribution >= 4 is 11.9 Å². The maximum atomic E-state index is 12.6. The number of nitrogens with one attached hydrogen (secondary N) is 1. The van der Waals surface area contributed by atoms with Crippen LogP contribution in [0.15, 0.2) is 48.7 Å². The number of aromatic carboxylic acids is 1. The first-order valence-electron chi connectivity index (χ1n) is 10.3. The highest BCUT2D eigenvalue weighted by Gasteiger charge is 2.25. The van der Waals surface area contributed by atoms with E-state index < -0.39 is 11.9 Å². The molecule has 0 aliphatic carbocycles. The van der Waals surface area contributed by atoms with E-state index in [0.717, 1.165) is 22.8 Å². The molecule has 2 N–H and O–H groups in total. The molecule has 0 fully saturated rings. The summed E-state index contributed by atoms with van der Waals surface area (Å²) in [6, 6.07) is 11.9. The molecule has 0 bridgehead atoms. The zero-order valence-electron chi connectivity index (χ0n) is 17.1. The normalized spacial score (nSPS) is 16.8. The van der Waals surface area contributed by atoms with Crippen LogP contribution >= 0.6 is 0 Å². The Bertz CT molecular complexity index is 1190. The lowest BCUT2D eigenvalue weighted by Crippen LogP contribution is -2.39. The number of hydrogen-bond donors (Lipinski definition) is 2. The number of carbonyl (C=O) groups is 2. The number of amides is 1. The van der Waals surface area contributed by atoms with E-state index in [1.54, 1.807) is 18.3 Å². The van der Waals surface area contributed by atoms with Crippen molar-refractivity contribution in [2.45, 2.75) is 19.3 Å². The monoisotopic (exact) mass is 435 g/mol. The van der Waals surface area contributed by atoms with Crippen molar-refractivity contribution in [3.63, 3.8) is 0 Å². The fourth-order valence-electron chi connectivity index (χ4n) is 3.91. The van der Waals surface area contributed by atoms with E-state index in [4.69, 9.17) is 14.2 Å². The van der Waals surface area contributed by atoms with Gasteiger partial charge in [0.2, 0.25) is 0 Å². The Morgan fingerprint density at radius 1 is 1.09 bits per heavy atom. The molecule has 2 aliphatic rings. The fourth-order valence-corrected chi connectivity index (χ4v) is 3.91. The number of benzene rings is 2. The third kappa shape index (κ3) is 3.78. The number of rotatable bonds is 5. The van der Waals surface area contributed by atoms with Crippen molar-refractivity contribution < 1.29 is 28.9 Å². The van der Waals surface area contributed by atoms with Gasteiger partial charge in [0.25, 0.3) is 5.91 Å². The average molecular weight is 435 g/mol. The van der Waals surface area contributed by atoms with Crippen LogP contribution < -0.4 is 14.8 Å². The van der Waals surface area contributed by atoms with Gasteiger partial charge in [-0.2, -0.15) is 0 Å². The second-order valence-electron chi connectivity index (χ2n) is 7.52. The predicted octanol–water partition coefficient (Wildman–Crippen LogP) is 2.35. The first-order chi connectivity index (χ1) is 15.6. The molecule has 2 aromatic carbocycles. The zero-order valence-corrected chi connectivity index (χ0v) is 17.1. The number of carbonyl (C=O) groups excluding carboxylic acids is 1. The van der Waals surface area contributed by atoms with Gasteiger partial charge in [0, 0.05) is 12.1 Å². The van der Waals surface area contributed by atoms with Crippen LogP contribution in [0.3, 0.4) is 0 Å². The minimum Gasteiger partial charge on any atom is -0.486 e. The van der Waals surface area contributed by atoms with Gasteiger partial charge in [-0.3, -0.25) is 4.79 Å². The Morgan fingerprint density at radius 2 is 1.88 bits per heavy atom. The molecule has 2 aliphatic heterocycles.